The molecule has 10 rings (SSSR count). The number of hydrogen-bond acceptors (Lipinski definition) is 3. The van der Waals surface area contributed by atoms with Gasteiger partial charge in [0.25, 0.3) is 0 Å². The first-order valence-electron chi connectivity index (χ1n) is 20.6. The van der Waals surface area contributed by atoms with Crippen LogP contribution < -0.4 is 0 Å². The summed E-state index contributed by atoms with van der Waals surface area (Å²) in [6, 6.07) is 86.5. The fourth-order valence-electron chi connectivity index (χ4n) is 8.42. The van der Waals surface area contributed by atoms with Gasteiger partial charge < -0.3 is 0 Å². The smallest absolute Gasteiger partial charge is 0.113 e. The molecular formula is C58H40N2S. The van der Waals surface area contributed by atoms with E-state index in [9.17, 15) is 0 Å². The molecule has 61 heavy (non-hydrogen) atoms. The van der Waals surface area contributed by atoms with Gasteiger partial charge in [-0.15, -0.1) is 0 Å². The fourth-order valence-corrected chi connectivity index (χ4v) is 8.99. The van der Waals surface area contributed by atoms with Crippen LogP contribution in [0.3, 0.4) is 0 Å². The summed E-state index contributed by atoms with van der Waals surface area (Å²) in [5.74, 6) is 0. The van der Waals surface area contributed by atoms with E-state index in [2.05, 4.69) is 243 Å². The van der Waals surface area contributed by atoms with Crippen LogP contribution in [0.4, 0.5) is 0 Å². The van der Waals surface area contributed by atoms with Gasteiger partial charge >= 0.3 is 0 Å². The lowest BCUT2D eigenvalue weighted by molar-refractivity contribution is 1.49. The molecule has 0 saturated heterocycles. The largest absolute Gasteiger partial charge is 0.172 e. The number of benzene rings is 9. The maximum atomic E-state index is 4.88. The van der Waals surface area contributed by atoms with Crippen LogP contribution in [0.5, 0.6) is 0 Å². The molecule has 0 aliphatic carbocycles. The van der Waals surface area contributed by atoms with Crippen molar-refractivity contribution in [1.29, 1.82) is 0 Å². The van der Waals surface area contributed by atoms with E-state index in [1.165, 1.54) is 67.4 Å². The van der Waals surface area contributed by atoms with Crippen LogP contribution in [0.1, 0.15) is 44.5 Å². The van der Waals surface area contributed by atoms with Gasteiger partial charge in [-0.2, -0.15) is 8.75 Å². The first kappa shape index (κ1) is 37.5. The third-order valence-electron chi connectivity index (χ3n) is 11.3. The van der Waals surface area contributed by atoms with E-state index in [-0.39, 0.29) is 0 Å². The van der Waals surface area contributed by atoms with Gasteiger partial charge in [0.2, 0.25) is 0 Å². The van der Waals surface area contributed by atoms with Crippen molar-refractivity contribution in [2.45, 2.75) is 0 Å². The maximum absolute atomic E-state index is 4.88. The molecule has 10 aromatic rings. The number of rotatable bonds is 10. The molecular weight excluding hydrogens is 757 g/mol. The maximum Gasteiger partial charge on any atom is 0.113 e. The summed E-state index contributed by atoms with van der Waals surface area (Å²) < 4.78 is 9.77. The molecule has 0 unspecified atom stereocenters. The second kappa shape index (κ2) is 17.2. The van der Waals surface area contributed by atoms with Gasteiger partial charge in [-0.3, -0.25) is 0 Å². The predicted octanol–water partition coefficient (Wildman–Crippen LogP) is 15.0. The van der Waals surface area contributed by atoms with Crippen LogP contribution in [-0.4, -0.2) is 8.75 Å². The van der Waals surface area contributed by atoms with E-state index >= 15 is 0 Å². The van der Waals surface area contributed by atoms with E-state index in [1.807, 2.05) is 0 Å². The number of nitrogens with zero attached hydrogens (tertiary/aromatic N) is 2. The van der Waals surface area contributed by atoms with Crippen molar-refractivity contribution in [2.75, 3.05) is 0 Å². The van der Waals surface area contributed by atoms with Crippen molar-refractivity contribution in [3.8, 4) is 22.3 Å². The van der Waals surface area contributed by atoms with E-state index in [0.29, 0.717) is 0 Å². The molecule has 0 saturated carbocycles. The van der Waals surface area contributed by atoms with Crippen molar-refractivity contribution < 1.29 is 0 Å². The standard InChI is InChI=1S/C58H40N2S/c1-7-19-43(20-8-1)53(44-21-9-2-10-22-44)55(47-27-15-5-16-28-47)49-35-31-41(32-36-49)51-39-40-52(58-57(51)59-61-60-58)42-33-37-50(38-34-42)56(48-29-17-6-18-30-48)54(45-23-11-3-12-24-45)46-25-13-4-14-26-46/h1-40H. The van der Waals surface area contributed by atoms with Crippen LogP contribution in [0, 0.1) is 0 Å². The van der Waals surface area contributed by atoms with Crippen LogP contribution in [0.15, 0.2) is 243 Å². The molecule has 2 nitrogen and oxygen atoms in total. The van der Waals surface area contributed by atoms with Crippen molar-refractivity contribution in [3.63, 3.8) is 0 Å². The molecule has 0 aliphatic rings. The number of aromatic nitrogens is 2. The zero-order valence-electron chi connectivity index (χ0n) is 33.4. The van der Waals surface area contributed by atoms with Gasteiger partial charge in [-0.05, 0) is 77.9 Å². The van der Waals surface area contributed by atoms with Gasteiger partial charge in [0, 0.05) is 11.1 Å². The van der Waals surface area contributed by atoms with E-state index < -0.39 is 0 Å². The average molecular weight is 797 g/mol. The SMILES string of the molecule is c1ccc(C(=C(c2ccccc2)c2ccc(-c3ccc(-c4ccc(C(=C(c5ccccc5)c5ccccc5)c5ccccc5)cc4)c4nsnc34)cc2)c2ccccc2)cc1. The normalized spacial score (nSPS) is 11.0. The second-order valence-electron chi connectivity index (χ2n) is 15.0. The van der Waals surface area contributed by atoms with Gasteiger partial charge in [0.05, 0.1) is 11.7 Å². The highest BCUT2D eigenvalue weighted by molar-refractivity contribution is 7.00. The van der Waals surface area contributed by atoms with Crippen LogP contribution in [0.2, 0.25) is 0 Å². The summed E-state index contributed by atoms with van der Waals surface area (Å²) in [6.45, 7) is 0. The summed E-state index contributed by atoms with van der Waals surface area (Å²) in [5, 5.41) is 0. The summed E-state index contributed by atoms with van der Waals surface area (Å²) in [5.41, 5.74) is 20.3. The van der Waals surface area contributed by atoms with Crippen molar-refractivity contribution in [3.05, 3.63) is 287 Å². The lowest BCUT2D eigenvalue weighted by Crippen LogP contribution is -1.97. The van der Waals surface area contributed by atoms with Gasteiger partial charge in [-0.1, -0.05) is 243 Å². The Hall–Kier alpha value is -7.72. The highest BCUT2D eigenvalue weighted by atomic mass is 32.1. The second-order valence-corrected chi connectivity index (χ2v) is 15.5. The van der Waals surface area contributed by atoms with Crippen LogP contribution >= 0.6 is 11.7 Å². The predicted molar refractivity (Wildman–Crippen MR) is 257 cm³/mol. The molecule has 9 aromatic carbocycles. The van der Waals surface area contributed by atoms with Gasteiger partial charge in [0.1, 0.15) is 11.0 Å². The van der Waals surface area contributed by atoms with Crippen molar-refractivity contribution in [2.24, 2.45) is 0 Å². The molecule has 0 fully saturated rings. The third-order valence-corrected chi connectivity index (χ3v) is 11.8. The number of fused-ring (bicyclic) bond motifs is 1. The molecule has 0 aliphatic heterocycles. The Balaban J connectivity index is 1.04. The van der Waals surface area contributed by atoms with E-state index in [4.69, 9.17) is 8.75 Å². The molecule has 0 amide bonds. The van der Waals surface area contributed by atoms with Crippen LogP contribution in [0.25, 0.3) is 55.6 Å². The minimum atomic E-state index is 0.910. The number of hydrogen-bond donors (Lipinski definition) is 0. The first-order valence-corrected chi connectivity index (χ1v) is 21.3. The Kier molecular flexibility index (Phi) is 10.6. The van der Waals surface area contributed by atoms with Gasteiger partial charge in [-0.25, -0.2) is 0 Å². The molecule has 0 bridgehead atoms. The minimum absolute atomic E-state index is 0.910. The van der Waals surface area contributed by atoms with E-state index in [1.54, 1.807) is 0 Å². The highest BCUT2D eigenvalue weighted by Crippen LogP contribution is 2.41. The van der Waals surface area contributed by atoms with Crippen molar-refractivity contribution in [1.82, 2.24) is 8.75 Å². The first-order chi connectivity index (χ1) is 30.3. The highest BCUT2D eigenvalue weighted by Gasteiger charge is 2.20. The van der Waals surface area contributed by atoms with Crippen LogP contribution in [-0.2, 0) is 0 Å². The third kappa shape index (κ3) is 7.67. The lowest BCUT2D eigenvalue weighted by Gasteiger charge is -2.18. The lowest BCUT2D eigenvalue weighted by atomic mass is 9.85. The summed E-state index contributed by atoms with van der Waals surface area (Å²) in [4.78, 5) is 0. The van der Waals surface area contributed by atoms with Gasteiger partial charge in [0.15, 0.2) is 0 Å². The quantitative estimate of drug-likeness (QED) is 0.129. The average Bonchev–Trinajstić information content (AvgIpc) is 3.85. The molecule has 3 heteroatoms. The summed E-state index contributed by atoms with van der Waals surface area (Å²) in [7, 11) is 0. The fraction of sp³-hybridized carbons (Fsp3) is 0. The Morgan fingerprint density at radius 3 is 0.672 bits per heavy atom. The monoisotopic (exact) mass is 796 g/mol. The topological polar surface area (TPSA) is 25.8 Å². The molecule has 0 N–H and O–H groups in total. The minimum Gasteiger partial charge on any atom is -0.172 e. The zero-order chi connectivity index (χ0) is 40.8. The molecule has 0 spiro atoms. The van der Waals surface area contributed by atoms with E-state index in [0.717, 1.165) is 44.4 Å². The Morgan fingerprint density at radius 2 is 0.443 bits per heavy atom. The Bertz CT molecular complexity index is 2800. The molecule has 288 valence electrons. The molecule has 1 aromatic heterocycles. The molecule has 1 heterocycles. The Labute approximate surface area is 361 Å². The molecule has 0 atom stereocenters. The Morgan fingerprint density at radius 1 is 0.230 bits per heavy atom. The zero-order valence-corrected chi connectivity index (χ0v) is 34.2. The molecule has 0 radical (unpaired) electrons. The van der Waals surface area contributed by atoms with Crippen molar-refractivity contribution >= 4 is 45.1 Å². The summed E-state index contributed by atoms with van der Waals surface area (Å²) in [6.07, 6.45) is 0. The summed E-state index contributed by atoms with van der Waals surface area (Å²) >= 11 is 1.26.